The third kappa shape index (κ3) is 2.87. The predicted molar refractivity (Wildman–Crippen MR) is 84.1 cm³/mol. The number of urea groups is 1. The summed E-state index contributed by atoms with van der Waals surface area (Å²) in [6.45, 7) is 3.96. The van der Waals surface area contributed by atoms with Gasteiger partial charge in [0.25, 0.3) is 5.91 Å². The second kappa shape index (κ2) is 5.77. The van der Waals surface area contributed by atoms with Crippen LogP contribution in [0.5, 0.6) is 0 Å². The van der Waals surface area contributed by atoms with Gasteiger partial charge in [-0.25, -0.2) is 4.79 Å². The second-order valence-electron chi connectivity index (χ2n) is 4.87. The normalized spacial score (nSPS) is 17.7. The van der Waals surface area contributed by atoms with Crippen molar-refractivity contribution in [1.29, 1.82) is 0 Å². The Morgan fingerprint density at radius 1 is 1.48 bits per heavy atom. The number of anilines is 1. The van der Waals surface area contributed by atoms with Crippen LogP contribution in [-0.2, 0) is 0 Å². The molecular formula is C14H16N4O2S. The zero-order chi connectivity index (χ0) is 14.8. The molecule has 0 spiro atoms. The minimum absolute atomic E-state index is 0.0907. The molecule has 2 heterocycles. The van der Waals surface area contributed by atoms with Gasteiger partial charge in [0.15, 0.2) is 5.17 Å². The molecule has 2 aliphatic rings. The summed E-state index contributed by atoms with van der Waals surface area (Å²) in [5.74, 6) is 0.751. The van der Waals surface area contributed by atoms with Crippen LogP contribution in [0.1, 0.15) is 15.9 Å². The Labute approximate surface area is 127 Å². The molecule has 110 valence electrons. The van der Waals surface area contributed by atoms with Gasteiger partial charge in [-0.2, -0.15) is 0 Å². The third-order valence-electron chi connectivity index (χ3n) is 3.41. The second-order valence-corrected chi connectivity index (χ2v) is 5.96. The van der Waals surface area contributed by atoms with E-state index in [4.69, 9.17) is 0 Å². The summed E-state index contributed by atoms with van der Waals surface area (Å²) < 4.78 is 0. The summed E-state index contributed by atoms with van der Waals surface area (Å²) in [7, 11) is 0. The van der Waals surface area contributed by atoms with E-state index in [1.54, 1.807) is 28.8 Å². The molecule has 7 heteroatoms. The van der Waals surface area contributed by atoms with Gasteiger partial charge in [-0.3, -0.25) is 14.7 Å². The van der Waals surface area contributed by atoms with Gasteiger partial charge in [-0.05, 0) is 30.7 Å². The molecule has 0 unspecified atom stereocenters. The Hall–Kier alpha value is -2.02. The number of thioether (sulfide) groups is 1. The highest BCUT2D eigenvalue weighted by molar-refractivity contribution is 8.14. The number of amides is 3. The van der Waals surface area contributed by atoms with Crippen LogP contribution in [0.4, 0.5) is 10.5 Å². The van der Waals surface area contributed by atoms with Crippen LogP contribution in [0, 0.1) is 6.92 Å². The largest absolute Gasteiger partial charge is 0.336 e. The molecule has 1 saturated heterocycles. The van der Waals surface area contributed by atoms with Crippen molar-refractivity contribution in [2.75, 3.05) is 30.3 Å². The molecule has 2 aliphatic heterocycles. The summed E-state index contributed by atoms with van der Waals surface area (Å²) in [4.78, 5) is 29.7. The van der Waals surface area contributed by atoms with Crippen LogP contribution >= 0.6 is 11.8 Å². The lowest BCUT2D eigenvalue weighted by atomic mass is 10.1. The number of carbonyl (C=O) groups is 2. The van der Waals surface area contributed by atoms with E-state index >= 15 is 0 Å². The third-order valence-corrected chi connectivity index (χ3v) is 4.30. The van der Waals surface area contributed by atoms with Crippen LogP contribution in [-0.4, -0.2) is 42.5 Å². The number of benzene rings is 1. The lowest BCUT2D eigenvalue weighted by Crippen LogP contribution is -2.29. The molecule has 3 amide bonds. The summed E-state index contributed by atoms with van der Waals surface area (Å²) in [6.07, 6.45) is 0. The van der Waals surface area contributed by atoms with E-state index in [0.29, 0.717) is 23.8 Å². The Bertz CT molecular complexity index is 629. The van der Waals surface area contributed by atoms with Gasteiger partial charge < -0.3 is 10.6 Å². The van der Waals surface area contributed by atoms with Crippen molar-refractivity contribution in [2.24, 2.45) is 4.99 Å². The molecule has 0 aliphatic carbocycles. The molecule has 1 aromatic carbocycles. The number of aliphatic imine (C=N–C) groups is 1. The molecule has 0 atom stereocenters. The molecule has 6 nitrogen and oxygen atoms in total. The van der Waals surface area contributed by atoms with Gasteiger partial charge in [0.1, 0.15) is 0 Å². The number of carbonyl (C=O) groups excluding carboxylic acids is 2. The lowest BCUT2D eigenvalue weighted by Gasteiger charge is -2.17. The van der Waals surface area contributed by atoms with E-state index in [9.17, 15) is 9.59 Å². The highest BCUT2D eigenvalue weighted by Crippen LogP contribution is 2.23. The van der Waals surface area contributed by atoms with Crippen molar-refractivity contribution in [1.82, 2.24) is 10.6 Å². The molecule has 2 N–H and O–H groups in total. The topological polar surface area (TPSA) is 73.8 Å². The lowest BCUT2D eigenvalue weighted by molar-refractivity contribution is 0.0978. The Balaban J connectivity index is 1.77. The molecule has 0 radical (unpaired) electrons. The predicted octanol–water partition coefficient (Wildman–Crippen LogP) is 1.36. The first kappa shape index (κ1) is 13.9. The summed E-state index contributed by atoms with van der Waals surface area (Å²) in [5.41, 5.74) is 2.32. The maximum Gasteiger partial charge on any atom is 0.322 e. The average Bonchev–Trinajstić information content (AvgIpc) is 3.10. The quantitative estimate of drug-likeness (QED) is 0.866. The summed E-state index contributed by atoms with van der Waals surface area (Å²) in [5, 5.41) is 6.25. The number of nitrogens with zero attached hydrogens (tertiary/aromatic N) is 2. The van der Waals surface area contributed by atoms with Crippen molar-refractivity contribution < 1.29 is 9.59 Å². The van der Waals surface area contributed by atoms with E-state index in [1.807, 2.05) is 13.0 Å². The molecule has 1 fully saturated rings. The minimum Gasteiger partial charge on any atom is -0.336 e. The number of nitrogens with one attached hydrogen (secondary N) is 2. The first-order valence-corrected chi connectivity index (χ1v) is 7.78. The molecule has 0 bridgehead atoms. The Morgan fingerprint density at radius 2 is 2.33 bits per heavy atom. The fourth-order valence-corrected chi connectivity index (χ4v) is 3.10. The average molecular weight is 304 g/mol. The first-order valence-electron chi connectivity index (χ1n) is 6.80. The molecule has 0 saturated carbocycles. The molecule has 3 rings (SSSR count). The smallest absolute Gasteiger partial charge is 0.322 e. The summed E-state index contributed by atoms with van der Waals surface area (Å²) >= 11 is 1.55. The number of amidine groups is 1. The summed E-state index contributed by atoms with van der Waals surface area (Å²) in [6, 6.07) is 5.27. The molecule has 0 aromatic heterocycles. The van der Waals surface area contributed by atoms with Gasteiger partial charge in [0.05, 0.1) is 6.54 Å². The van der Waals surface area contributed by atoms with Crippen molar-refractivity contribution in [2.45, 2.75) is 6.92 Å². The molecule has 1 aromatic rings. The van der Waals surface area contributed by atoms with Crippen molar-refractivity contribution in [3.05, 3.63) is 29.3 Å². The number of aryl methyl sites for hydroxylation is 1. The monoisotopic (exact) mass is 304 g/mol. The number of hydrogen-bond acceptors (Lipinski definition) is 4. The van der Waals surface area contributed by atoms with Crippen LogP contribution in [0.25, 0.3) is 0 Å². The highest BCUT2D eigenvalue weighted by Gasteiger charge is 2.23. The maximum atomic E-state index is 12.2. The standard InChI is InChI=1S/C14H16N4O2S/c1-9-8-10(12(19)17-13-15-5-7-21-13)2-3-11(9)18-6-4-16-14(18)20/h2-3,8H,4-7H2,1H3,(H,16,20)(H,15,17,19). The number of hydrogen-bond donors (Lipinski definition) is 2. The van der Waals surface area contributed by atoms with E-state index in [2.05, 4.69) is 15.6 Å². The van der Waals surface area contributed by atoms with E-state index in [0.717, 1.165) is 23.5 Å². The first-order chi connectivity index (χ1) is 10.1. The molecule has 21 heavy (non-hydrogen) atoms. The Kier molecular flexibility index (Phi) is 3.83. The van der Waals surface area contributed by atoms with Gasteiger partial charge in [0.2, 0.25) is 0 Å². The maximum absolute atomic E-state index is 12.2. The van der Waals surface area contributed by atoms with Crippen molar-refractivity contribution in [3.63, 3.8) is 0 Å². The number of rotatable bonds is 2. The van der Waals surface area contributed by atoms with Crippen LogP contribution in [0.15, 0.2) is 23.2 Å². The van der Waals surface area contributed by atoms with Gasteiger partial charge in [0, 0.05) is 30.1 Å². The minimum atomic E-state index is -0.163. The Morgan fingerprint density at radius 3 is 2.95 bits per heavy atom. The van der Waals surface area contributed by atoms with Gasteiger partial charge >= 0.3 is 6.03 Å². The van der Waals surface area contributed by atoms with Crippen molar-refractivity contribution in [3.8, 4) is 0 Å². The fraction of sp³-hybridized carbons (Fsp3) is 0.357. The van der Waals surface area contributed by atoms with Crippen LogP contribution in [0.2, 0.25) is 0 Å². The van der Waals surface area contributed by atoms with E-state index < -0.39 is 0 Å². The van der Waals surface area contributed by atoms with Crippen LogP contribution in [0.3, 0.4) is 0 Å². The van der Waals surface area contributed by atoms with Crippen molar-refractivity contribution >= 4 is 34.6 Å². The van der Waals surface area contributed by atoms with E-state index in [1.165, 1.54) is 0 Å². The fourth-order valence-electron chi connectivity index (χ4n) is 2.38. The van der Waals surface area contributed by atoms with E-state index in [-0.39, 0.29) is 11.9 Å². The zero-order valence-electron chi connectivity index (χ0n) is 11.7. The zero-order valence-corrected chi connectivity index (χ0v) is 12.5. The van der Waals surface area contributed by atoms with Gasteiger partial charge in [-0.15, -0.1) is 0 Å². The molecular weight excluding hydrogens is 288 g/mol. The highest BCUT2D eigenvalue weighted by atomic mass is 32.2. The van der Waals surface area contributed by atoms with Crippen LogP contribution < -0.4 is 15.5 Å². The van der Waals surface area contributed by atoms with Gasteiger partial charge in [-0.1, -0.05) is 11.8 Å². The SMILES string of the molecule is Cc1cc(C(=O)NC2=NCCS2)ccc1N1CCNC1=O.